The summed E-state index contributed by atoms with van der Waals surface area (Å²) in [5.74, 6) is 0.210. The molecule has 2 N–H and O–H groups in total. The largest absolute Gasteiger partial charge is 0.378 e. The molecule has 0 saturated heterocycles. The molecule has 0 saturated carbocycles. The Morgan fingerprint density at radius 3 is 2.55 bits per heavy atom. The van der Waals surface area contributed by atoms with Gasteiger partial charge >= 0.3 is 0 Å². The summed E-state index contributed by atoms with van der Waals surface area (Å²) < 4.78 is 0. The molecule has 20 heavy (non-hydrogen) atoms. The average Bonchev–Trinajstić information content (AvgIpc) is 2.43. The fourth-order valence-electron chi connectivity index (χ4n) is 1.47. The summed E-state index contributed by atoms with van der Waals surface area (Å²) in [6.45, 7) is 1.59. The van der Waals surface area contributed by atoms with Gasteiger partial charge in [0.1, 0.15) is 5.69 Å². The van der Waals surface area contributed by atoms with E-state index in [1.165, 1.54) is 0 Å². The van der Waals surface area contributed by atoms with Gasteiger partial charge in [0.2, 0.25) is 5.95 Å². The van der Waals surface area contributed by atoms with Crippen LogP contribution in [0.3, 0.4) is 0 Å². The molecule has 7 nitrogen and oxygen atoms in total. The van der Waals surface area contributed by atoms with Crippen LogP contribution in [0.25, 0.3) is 0 Å². The Morgan fingerprint density at radius 2 is 1.95 bits per heavy atom. The fourth-order valence-corrected chi connectivity index (χ4v) is 1.47. The van der Waals surface area contributed by atoms with Gasteiger partial charge in [-0.1, -0.05) is 12.1 Å². The normalized spacial score (nSPS) is 10.8. The minimum absolute atomic E-state index is 0.210. The number of hydrogen-bond donors (Lipinski definition) is 2. The van der Waals surface area contributed by atoms with E-state index in [0.29, 0.717) is 5.69 Å². The van der Waals surface area contributed by atoms with Gasteiger partial charge in [-0.3, -0.25) is 9.78 Å². The first kappa shape index (κ1) is 13.7. The van der Waals surface area contributed by atoms with E-state index in [0.717, 1.165) is 11.3 Å². The van der Waals surface area contributed by atoms with E-state index in [9.17, 15) is 4.79 Å². The smallest absolute Gasteiger partial charge is 0.274 e. The van der Waals surface area contributed by atoms with Crippen molar-refractivity contribution in [2.24, 2.45) is 5.10 Å². The van der Waals surface area contributed by atoms with Gasteiger partial charge in [-0.15, -0.1) is 10.2 Å². The van der Waals surface area contributed by atoms with E-state index in [2.05, 4.69) is 25.7 Å². The van der Waals surface area contributed by atoms with Gasteiger partial charge in [0.05, 0.1) is 6.21 Å². The number of benzene rings is 1. The molecular weight excluding hydrogens is 256 g/mol. The maximum Gasteiger partial charge on any atom is 0.274 e. The Balaban J connectivity index is 2.02. The van der Waals surface area contributed by atoms with Gasteiger partial charge in [-0.05, 0) is 24.6 Å². The van der Waals surface area contributed by atoms with E-state index in [1.54, 1.807) is 13.1 Å². The molecule has 1 aromatic carbocycles. The lowest BCUT2D eigenvalue weighted by molar-refractivity contribution is 0.897. The highest BCUT2D eigenvalue weighted by atomic mass is 16.1. The van der Waals surface area contributed by atoms with Crippen LogP contribution in [0.4, 0.5) is 11.6 Å². The molecule has 7 heteroatoms. The fraction of sp³-hybridized carbons (Fsp3) is 0.231. The highest BCUT2D eigenvalue weighted by molar-refractivity contribution is 5.80. The van der Waals surface area contributed by atoms with Crippen molar-refractivity contribution < 1.29 is 0 Å². The van der Waals surface area contributed by atoms with Crippen LogP contribution >= 0.6 is 0 Å². The standard InChI is InChI=1S/C13H16N6O/c1-9-12(20)15-13(18-16-9)17-14-8-10-4-6-11(7-5-10)19(2)3/h4-8H,1-3H3,(H2,15,17,18,20). The van der Waals surface area contributed by atoms with Gasteiger partial charge in [0.25, 0.3) is 5.56 Å². The lowest BCUT2D eigenvalue weighted by atomic mass is 10.2. The first-order chi connectivity index (χ1) is 9.56. The minimum atomic E-state index is -0.284. The number of hydrazone groups is 1. The number of aromatic amines is 1. The zero-order chi connectivity index (χ0) is 14.5. The van der Waals surface area contributed by atoms with Gasteiger partial charge in [-0.25, -0.2) is 5.43 Å². The van der Waals surface area contributed by atoms with E-state index >= 15 is 0 Å². The number of H-pyrrole nitrogens is 1. The van der Waals surface area contributed by atoms with Crippen LogP contribution in [-0.4, -0.2) is 35.5 Å². The first-order valence-corrected chi connectivity index (χ1v) is 6.06. The van der Waals surface area contributed by atoms with E-state index in [1.807, 2.05) is 43.3 Å². The van der Waals surface area contributed by atoms with Crippen molar-refractivity contribution in [1.29, 1.82) is 0 Å². The zero-order valence-electron chi connectivity index (χ0n) is 11.6. The third-order valence-electron chi connectivity index (χ3n) is 2.65. The molecule has 0 bridgehead atoms. The molecule has 0 unspecified atom stereocenters. The van der Waals surface area contributed by atoms with E-state index in [4.69, 9.17) is 0 Å². The lowest BCUT2D eigenvalue weighted by Crippen LogP contribution is -2.15. The predicted molar refractivity (Wildman–Crippen MR) is 79.4 cm³/mol. The summed E-state index contributed by atoms with van der Waals surface area (Å²) in [4.78, 5) is 15.9. The molecular formula is C13H16N6O. The first-order valence-electron chi connectivity index (χ1n) is 6.06. The Labute approximate surface area is 116 Å². The molecule has 0 aliphatic carbocycles. The van der Waals surface area contributed by atoms with Crippen molar-refractivity contribution in [2.45, 2.75) is 6.92 Å². The van der Waals surface area contributed by atoms with Gasteiger partial charge in [-0.2, -0.15) is 5.10 Å². The molecule has 0 aliphatic rings. The third kappa shape index (κ3) is 3.41. The number of hydrogen-bond acceptors (Lipinski definition) is 6. The molecule has 0 amide bonds. The predicted octanol–water partition coefficient (Wildman–Crippen LogP) is 0.985. The second-order valence-corrected chi connectivity index (χ2v) is 4.44. The Kier molecular flexibility index (Phi) is 4.09. The molecule has 0 atom stereocenters. The second kappa shape index (κ2) is 5.96. The van der Waals surface area contributed by atoms with Gasteiger partial charge in [0.15, 0.2) is 0 Å². The third-order valence-corrected chi connectivity index (χ3v) is 2.65. The number of aromatic nitrogens is 3. The van der Waals surface area contributed by atoms with Crippen molar-refractivity contribution in [2.75, 3.05) is 24.4 Å². The number of rotatable bonds is 4. The summed E-state index contributed by atoms with van der Waals surface area (Å²) in [6, 6.07) is 7.89. The topological polar surface area (TPSA) is 86.3 Å². The molecule has 1 aromatic heterocycles. The van der Waals surface area contributed by atoms with Crippen molar-refractivity contribution >= 4 is 17.9 Å². The second-order valence-electron chi connectivity index (χ2n) is 4.44. The Morgan fingerprint density at radius 1 is 1.25 bits per heavy atom. The average molecular weight is 272 g/mol. The quantitative estimate of drug-likeness (QED) is 0.640. The molecule has 0 spiro atoms. The van der Waals surface area contributed by atoms with Crippen LogP contribution in [0.15, 0.2) is 34.2 Å². The monoisotopic (exact) mass is 272 g/mol. The van der Waals surface area contributed by atoms with Gasteiger partial charge < -0.3 is 4.90 Å². The molecule has 0 aliphatic heterocycles. The number of nitrogens with zero attached hydrogens (tertiary/aromatic N) is 4. The minimum Gasteiger partial charge on any atom is -0.378 e. The summed E-state index contributed by atoms with van der Waals surface area (Å²) in [5.41, 5.74) is 4.71. The molecule has 104 valence electrons. The molecule has 2 rings (SSSR count). The SMILES string of the molecule is Cc1nnc(NN=Cc2ccc(N(C)C)cc2)[nH]c1=O. The van der Waals surface area contributed by atoms with E-state index in [-0.39, 0.29) is 11.5 Å². The Hall–Kier alpha value is -2.70. The highest BCUT2D eigenvalue weighted by Crippen LogP contribution is 2.10. The Bertz CT molecular complexity index is 659. The maximum atomic E-state index is 11.3. The number of anilines is 2. The summed E-state index contributed by atoms with van der Waals surface area (Å²) in [5, 5.41) is 11.5. The lowest BCUT2D eigenvalue weighted by Gasteiger charge is -2.11. The molecule has 0 radical (unpaired) electrons. The van der Waals surface area contributed by atoms with Crippen LogP contribution in [0, 0.1) is 6.92 Å². The van der Waals surface area contributed by atoms with Crippen LogP contribution in [0.2, 0.25) is 0 Å². The summed E-state index contributed by atoms with van der Waals surface area (Å²) in [7, 11) is 3.97. The van der Waals surface area contributed by atoms with Crippen molar-refractivity contribution in [3.8, 4) is 0 Å². The van der Waals surface area contributed by atoms with Crippen LogP contribution < -0.4 is 15.9 Å². The van der Waals surface area contributed by atoms with Gasteiger partial charge in [0, 0.05) is 19.8 Å². The molecule has 1 heterocycles. The van der Waals surface area contributed by atoms with Crippen LogP contribution in [-0.2, 0) is 0 Å². The van der Waals surface area contributed by atoms with Crippen molar-refractivity contribution in [3.05, 3.63) is 45.9 Å². The highest BCUT2D eigenvalue weighted by Gasteiger charge is 1.98. The number of aryl methyl sites for hydroxylation is 1. The van der Waals surface area contributed by atoms with Crippen molar-refractivity contribution in [3.63, 3.8) is 0 Å². The summed E-state index contributed by atoms with van der Waals surface area (Å²) in [6.07, 6.45) is 1.64. The maximum absolute atomic E-state index is 11.3. The van der Waals surface area contributed by atoms with E-state index < -0.39 is 0 Å². The molecule has 2 aromatic rings. The molecule has 0 fully saturated rings. The van der Waals surface area contributed by atoms with Crippen molar-refractivity contribution in [1.82, 2.24) is 15.2 Å². The number of nitrogens with one attached hydrogen (secondary N) is 2. The van der Waals surface area contributed by atoms with Crippen LogP contribution in [0.5, 0.6) is 0 Å². The summed E-state index contributed by atoms with van der Waals surface area (Å²) >= 11 is 0. The zero-order valence-corrected chi connectivity index (χ0v) is 11.6. The van der Waals surface area contributed by atoms with Crippen LogP contribution in [0.1, 0.15) is 11.3 Å².